The van der Waals surface area contributed by atoms with Crippen LogP contribution in [0.1, 0.15) is 61.5 Å². The lowest BCUT2D eigenvalue weighted by atomic mass is 9.91. The van der Waals surface area contributed by atoms with E-state index in [0.717, 1.165) is 17.3 Å². The van der Waals surface area contributed by atoms with Gasteiger partial charge in [-0.3, -0.25) is 19.3 Å². The minimum atomic E-state index is -1.26. The van der Waals surface area contributed by atoms with Gasteiger partial charge < -0.3 is 28.7 Å². The molecule has 5 aliphatic rings. The molecule has 9 rings (SSSR count). The van der Waals surface area contributed by atoms with Crippen molar-refractivity contribution in [1.82, 2.24) is 9.58 Å². The zero-order chi connectivity index (χ0) is 32.7. The molecule has 2 fully saturated rings. The van der Waals surface area contributed by atoms with Gasteiger partial charge in [0, 0.05) is 47.7 Å². The topological polar surface area (TPSA) is 103 Å². The fraction of sp³-hybridized carbons (Fsp3) is 0.286. The van der Waals surface area contributed by atoms with Crippen molar-refractivity contribution in [3.8, 4) is 5.75 Å². The first-order valence-electron chi connectivity index (χ1n) is 15.7. The SMILES string of the molecule is O=C1OC(Oc2c3n(ccc2=O)N(C2c4ccccc4N4CCOCC4c4c2ccc(F)c4F)C2COCCN2C3=O)c2ccccc21. The summed E-state index contributed by atoms with van der Waals surface area (Å²) in [6, 6.07) is 16.9. The number of esters is 1. The third-order valence-electron chi connectivity index (χ3n) is 9.76. The molecule has 0 spiro atoms. The molecule has 4 unspecified atom stereocenters. The number of pyridine rings is 1. The Morgan fingerprint density at radius 1 is 0.792 bits per heavy atom. The number of aromatic nitrogens is 1. The average molecular weight is 655 g/mol. The van der Waals surface area contributed by atoms with Gasteiger partial charge in [0.15, 0.2) is 17.3 Å². The van der Waals surface area contributed by atoms with Crippen LogP contribution in [0.2, 0.25) is 0 Å². The molecule has 0 aliphatic carbocycles. The highest BCUT2D eigenvalue weighted by Gasteiger charge is 2.49. The number of carbonyl (C=O) groups is 2. The Hall–Kier alpha value is -5.27. The molecular weight excluding hydrogens is 626 g/mol. The molecule has 11 nitrogen and oxygen atoms in total. The van der Waals surface area contributed by atoms with Gasteiger partial charge in [0.05, 0.1) is 38.0 Å². The van der Waals surface area contributed by atoms with Gasteiger partial charge in [0.1, 0.15) is 12.2 Å². The highest BCUT2D eigenvalue weighted by atomic mass is 19.2. The minimum Gasteiger partial charge on any atom is -0.444 e. The number of rotatable bonds is 3. The minimum absolute atomic E-state index is 0.0898. The number of halogens is 2. The van der Waals surface area contributed by atoms with Crippen molar-refractivity contribution in [3.63, 3.8) is 0 Å². The average Bonchev–Trinajstić information content (AvgIpc) is 3.37. The number of morpholine rings is 2. The summed E-state index contributed by atoms with van der Waals surface area (Å²) in [4.78, 5) is 44.2. The summed E-state index contributed by atoms with van der Waals surface area (Å²) in [6.45, 7) is 1.56. The monoisotopic (exact) mass is 654 g/mol. The van der Waals surface area contributed by atoms with Crippen LogP contribution in [0.25, 0.3) is 0 Å². The fourth-order valence-corrected chi connectivity index (χ4v) is 7.66. The molecule has 4 atom stereocenters. The number of carbonyl (C=O) groups excluding carboxylic acids is 2. The number of para-hydroxylation sites is 1. The highest BCUT2D eigenvalue weighted by molar-refractivity contribution is 5.97. The van der Waals surface area contributed by atoms with Gasteiger partial charge >= 0.3 is 5.97 Å². The number of hydrogen-bond donors (Lipinski definition) is 0. The van der Waals surface area contributed by atoms with E-state index in [2.05, 4.69) is 0 Å². The van der Waals surface area contributed by atoms with Gasteiger partial charge in [-0.25, -0.2) is 13.6 Å². The Balaban J connectivity index is 1.28. The van der Waals surface area contributed by atoms with E-state index >= 15 is 8.78 Å². The van der Waals surface area contributed by atoms with E-state index in [4.69, 9.17) is 18.9 Å². The summed E-state index contributed by atoms with van der Waals surface area (Å²) in [5.41, 5.74) is 2.26. The Bertz CT molecular complexity index is 2070. The van der Waals surface area contributed by atoms with E-state index in [0.29, 0.717) is 29.8 Å². The summed E-state index contributed by atoms with van der Waals surface area (Å²) >= 11 is 0. The van der Waals surface area contributed by atoms with Crippen molar-refractivity contribution in [2.75, 3.05) is 49.4 Å². The molecule has 4 aromatic rings. The molecule has 0 N–H and O–H groups in total. The lowest BCUT2D eigenvalue weighted by Crippen LogP contribution is -2.66. The van der Waals surface area contributed by atoms with E-state index in [1.165, 1.54) is 12.3 Å². The van der Waals surface area contributed by atoms with Gasteiger partial charge in [0.2, 0.25) is 11.2 Å². The van der Waals surface area contributed by atoms with Crippen molar-refractivity contribution in [1.29, 1.82) is 0 Å². The van der Waals surface area contributed by atoms with Crippen LogP contribution >= 0.6 is 0 Å². The van der Waals surface area contributed by atoms with E-state index in [1.54, 1.807) is 39.9 Å². The van der Waals surface area contributed by atoms with Crippen LogP contribution in [0.15, 0.2) is 77.7 Å². The van der Waals surface area contributed by atoms with Crippen LogP contribution in [0.3, 0.4) is 0 Å². The zero-order valence-corrected chi connectivity index (χ0v) is 25.4. The number of anilines is 1. The molecule has 0 saturated carbocycles. The number of ether oxygens (including phenoxy) is 4. The molecular formula is C35H28F2N4O7. The molecule has 244 valence electrons. The zero-order valence-electron chi connectivity index (χ0n) is 25.4. The van der Waals surface area contributed by atoms with E-state index in [-0.39, 0.29) is 43.4 Å². The first-order valence-corrected chi connectivity index (χ1v) is 15.7. The van der Waals surface area contributed by atoms with E-state index in [9.17, 15) is 14.4 Å². The third kappa shape index (κ3) is 4.13. The summed E-state index contributed by atoms with van der Waals surface area (Å²) in [5, 5.41) is 1.87. The van der Waals surface area contributed by atoms with Crippen LogP contribution in [-0.4, -0.2) is 67.1 Å². The molecule has 13 heteroatoms. The summed E-state index contributed by atoms with van der Waals surface area (Å²) in [5.74, 6) is -3.34. The molecule has 0 radical (unpaired) electrons. The first-order chi connectivity index (χ1) is 23.4. The Morgan fingerprint density at radius 3 is 2.40 bits per heavy atom. The van der Waals surface area contributed by atoms with Crippen LogP contribution in [0, 0.1) is 11.6 Å². The number of benzene rings is 3. The van der Waals surface area contributed by atoms with Crippen LogP contribution < -0.4 is 20.1 Å². The summed E-state index contributed by atoms with van der Waals surface area (Å²) < 4.78 is 56.1. The number of amides is 1. The van der Waals surface area contributed by atoms with Crippen LogP contribution in [0.5, 0.6) is 5.75 Å². The van der Waals surface area contributed by atoms with Crippen molar-refractivity contribution in [2.24, 2.45) is 0 Å². The summed E-state index contributed by atoms with van der Waals surface area (Å²) in [7, 11) is 0. The Kier molecular flexibility index (Phi) is 6.56. The smallest absolute Gasteiger partial charge is 0.342 e. The Morgan fingerprint density at radius 2 is 1.54 bits per heavy atom. The molecule has 3 aromatic carbocycles. The molecule has 1 aromatic heterocycles. The first kappa shape index (κ1) is 28.9. The number of hydrogen-bond acceptors (Lipinski definition) is 9. The number of fused-ring (bicyclic) bond motifs is 8. The standard InChI is InChI=1S/C35H28F2N4O7/c36-23-10-9-22-28(29(23)37)25-17-45-15-13-38(25)24-8-4-3-7-21(24)30(22)41-27-18-46-16-14-39(27)33(43)31-32(26(42)11-12-40(31)41)47-35-20-6-2-1-5-19(20)34(44)48-35/h1-12,25,27,30,35H,13-18H2. The molecule has 1 amide bonds. The Labute approximate surface area is 272 Å². The maximum atomic E-state index is 16.1. The second-order valence-electron chi connectivity index (χ2n) is 12.2. The van der Waals surface area contributed by atoms with Crippen molar-refractivity contribution in [3.05, 3.63) is 128 Å². The lowest BCUT2D eigenvalue weighted by Gasteiger charge is -2.51. The predicted octanol–water partition coefficient (Wildman–Crippen LogP) is 3.81. The van der Waals surface area contributed by atoms with Crippen LogP contribution in [-0.2, 0) is 14.2 Å². The molecule has 0 bridgehead atoms. The van der Waals surface area contributed by atoms with Crippen LogP contribution in [0.4, 0.5) is 14.5 Å². The molecule has 5 aliphatic heterocycles. The van der Waals surface area contributed by atoms with Gasteiger partial charge in [-0.1, -0.05) is 42.5 Å². The molecule has 2 saturated heterocycles. The molecule has 6 heterocycles. The number of nitrogens with zero attached hydrogens (tertiary/aromatic N) is 4. The van der Waals surface area contributed by atoms with Crippen molar-refractivity contribution >= 4 is 17.6 Å². The summed E-state index contributed by atoms with van der Waals surface area (Å²) in [6.07, 6.45) is -0.485. The second kappa shape index (κ2) is 10.9. The van der Waals surface area contributed by atoms with E-state index in [1.807, 2.05) is 34.2 Å². The van der Waals surface area contributed by atoms with Gasteiger partial charge in [0.25, 0.3) is 12.2 Å². The predicted molar refractivity (Wildman–Crippen MR) is 165 cm³/mol. The van der Waals surface area contributed by atoms with E-state index < -0.39 is 53.5 Å². The highest BCUT2D eigenvalue weighted by Crippen LogP contribution is 2.48. The second-order valence-corrected chi connectivity index (χ2v) is 12.2. The van der Waals surface area contributed by atoms with Crippen molar-refractivity contribution in [2.45, 2.75) is 24.5 Å². The van der Waals surface area contributed by atoms with Crippen molar-refractivity contribution < 1.29 is 37.3 Å². The van der Waals surface area contributed by atoms with Gasteiger partial charge in [-0.2, -0.15) is 0 Å². The third-order valence-corrected chi connectivity index (χ3v) is 9.76. The lowest BCUT2D eigenvalue weighted by molar-refractivity contribution is -0.0417. The fourth-order valence-electron chi connectivity index (χ4n) is 7.66. The molecule has 48 heavy (non-hydrogen) atoms. The quantitative estimate of drug-likeness (QED) is 0.306. The maximum absolute atomic E-state index is 16.1. The largest absolute Gasteiger partial charge is 0.444 e. The normalized spacial score (nSPS) is 24.0. The van der Waals surface area contributed by atoms with Gasteiger partial charge in [-0.15, -0.1) is 0 Å². The maximum Gasteiger partial charge on any atom is 0.342 e. The van der Waals surface area contributed by atoms with Gasteiger partial charge in [-0.05, 0) is 23.8 Å². The number of cyclic esters (lactones) is 1.